The van der Waals surface area contributed by atoms with Gasteiger partial charge in [-0.3, -0.25) is 4.79 Å². The highest BCUT2D eigenvalue weighted by Gasteiger charge is 2.26. The van der Waals surface area contributed by atoms with Crippen LogP contribution in [0.1, 0.15) is 10.8 Å². The summed E-state index contributed by atoms with van der Waals surface area (Å²) in [4.78, 5) is 14.3. The van der Waals surface area contributed by atoms with Crippen molar-refractivity contribution in [3.63, 3.8) is 0 Å². The fourth-order valence-electron chi connectivity index (χ4n) is 2.52. The monoisotopic (exact) mass is 383 g/mol. The molecule has 27 heavy (non-hydrogen) atoms. The number of aromatic nitrogens is 3. The van der Waals surface area contributed by atoms with Gasteiger partial charge in [-0.2, -0.15) is 0 Å². The topological polar surface area (TPSA) is 86.3 Å². The van der Waals surface area contributed by atoms with Crippen molar-refractivity contribution in [1.82, 2.24) is 19.8 Å². The largest absolute Gasteiger partial charge is 0.497 e. The second-order valence-electron chi connectivity index (χ2n) is 6.05. The van der Waals surface area contributed by atoms with Gasteiger partial charge in [-0.05, 0) is 29.8 Å². The lowest BCUT2D eigenvalue weighted by Gasteiger charge is -2.20. The van der Waals surface area contributed by atoms with E-state index in [9.17, 15) is 4.79 Å². The first-order chi connectivity index (χ1) is 13.0. The van der Waals surface area contributed by atoms with E-state index < -0.39 is 5.25 Å². The summed E-state index contributed by atoms with van der Waals surface area (Å²) >= 11 is 1.28. The molecule has 0 aliphatic carbocycles. The molecule has 0 radical (unpaired) electrons. The minimum absolute atomic E-state index is 0.0415. The molecule has 0 unspecified atom stereocenters. The van der Waals surface area contributed by atoms with Gasteiger partial charge in [-0.15, -0.1) is 10.2 Å². The molecule has 1 atom stereocenters. The molecule has 0 saturated heterocycles. The van der Waals surface area contributed by atoms with Crippen molar-refractivity contribution >= 4 is 17.7 Å². The molecule has 0 saturated carbocycles. The Hall–Kier alpha value is -3.00. The Balaban J connectivity index is 1.91. The molecule has 140 valence electrons. The molecular weight excluding hydrogens is 362 g/mol. The van der Waals surface area contributed by atoms with E-state index in [2.05, 4.69) is 10.2 Å². The van der Waals surface area contributed by atoms with Crippen LogP contribution >= 0.6 is 11.8 Å². The van der Waals surface area contributed by atoms with Crippen LogP contribution in [0.2, 0.25) is 0 Å². The molecule has 0 aliphatic heterocycles. The zero-order valence-corrected chi connectivity index (χ0v) is 16.2. The normalized spacial score (nSPS) is 11.8. The molecule has 8 heteroatoms. The summed E-state index contributed by atoms with van der Waals surface area (Å²) in [5.74, 6) is 7.45. The molecule has 2 N–H and O–H groups in total. The molecule has 0 spiro atoms. The van der Waals surface area contributed by atoms with Gasteiger partial charge in [0.15, 0.2) is 5.82 Å². The molecule has 0 bridgehead atoms. The maximum absolute atomic E-state index is 12.7. The predicted octanol–water partition coefficient (Wildman–Crippen LogP) is 2.59. The third-order valence-corrected chi connectivity index (χ3v) is 5.20. The second-order valence-corrected chi connectivity index (χ2v) is 7.12. The van der Waals surface area contributed by atoms with Crippen molar-refractivity contribution in [2.24, 2.45) is 0 Å². The fraction of sp³-hybridized carbons (Fsp3) is 0.211. The first-order valence-corrected chi connectivity index (χ1v) is 9.17. The van der Waals surface area contributed by atoms with Crippen molar-refractivity contribution in [3.8, 4) is 17.1 Å². The van der Waals surface area contributed by atoms with Gasteiger partial charge in [0, 0.05) is 19.7 Å². The number of hydrogen-bond donors (Lipinski definition) is 1. The van der Waals surface area contributed by atoms with E-state index in [1.54, 1.807) is 26.1 Å². The summed E-state index contributed by atoms with van der Waals surface area (Å²) in [5, 5.41) is 8.39. The van der Waals surface area contributed by atoms with E-state index in [1.165, 1.54) is 16.4 Å². The van der Waals surface area contributed by atoms with Crippen LogP contribution in [0.4, 0.5) is 0 Å². The zero-order chi connectivity index (χ0) is 19.4. The Morgan fingerprint density at radius 1 is 1.11 bits per heavy atom. The van der Waals surface area contributed by atoms with Gasteiger partial charge >= 0.3 is 0 Å². The van der Waals surface area contributed by atoms with Gasteiger partial charge in [0.2, 0.25) is 11.1 Å². The van der Waals surface area contributed by atoms with E-state index in [4.69, 9.17) is 10.6 Å². The van der Waals surface area contributed by atoms with Crippen molar-refractivity contribution in [2.75, 3.05) is 27.0 Å². The third-order valence-electron chi connectivity index (χ3n) is 4.00. The van der Waals surface area contributed by atoms with Crippen LogP contribution in [0.5, 0.6) is 5.75 Å². The van der Waals surface area contributed by atoms with E-state index in [-0.39, 0.29) is 5.91 Å². The number of carbonyl (C=O) groups excluding carboxylic acids is 1. The molecule has 1 aromatic heterocycles. The smallest absolute Gasteiger partial charge is 0.240 e. The number of hydrogen-bond acceptors (Lipinski definition) is 6. The van der Waals surface area contributed by atoms with Gasteiger partial charge in [0.25, 0.3) is 0 Å². The maximum Gasteiger partial charge on any atom is 0.240 e. The number of nitrogens with two attached hydrogens (primary N) is 1. The Kier molecular flexibility index (Phi) is 5.66. The van der Waals surface area contributed by atoms with Crippen molar-refractivity contribution in [1.29, 1.82) is 0 Å². The van der Waals surface area contributed by atoms with Gasteiger partial charge < -0.3 is 15.5 Å². The zero-order valence-electron chi connectivity index (χ0n) is 15.4. The minimum atomic E-state index is -0.462. The Bertz CT molecular complexity index is 910. The SMILES string of the molecule is COc1ccc(-c2nnc(S[C@@H](C(=O)N(C)C)c3ccccc3)n2N)cc1. The first kappa shape index (κ1) is 18.8. The lowest BCUT2D eigenvalue weighted by molar-refractivity contribution is -0.128. The van der Waals surface area contributed by atoms with E-state index >= 15 is 0 Å². The average molecular weight is 383 g/mol. The Morgan fingerprint density at radius 3 is 2.37 bits per heavy atom. The summed E-state index contributed by atoms with van der Waals surface area (Å²) in [6.45, 7) is 0. The molecule has 3 rings (SSSR count). The van der Waals surface area contributed by atoms with Crippen LogP contribution < -0.4 is 10.6 Å². The number of nitrogens with zero attached hydrogens (tertiary/aromatic N) is 4. The predicted molar refractivity (Wildman–Crippen MR) is 106 cm³/mol. The standard InChI is InChI=1S/C19H21N5O2S/c1-23(2)18(25)16(13-7-5-4-6-8-13)27-19-22-21-17(24(19)20)14-9-11-15(26-3)12-10-14/h4-12,16H,20H2,1-3H3/t16-/m1/s1. The lowest BCUT2D eigenvalue weighted by Crippen LogP contribution is -2.27. The highest BCUT2D eigenvalue weighted by Crippen LogP contribution is 2.36. The van der Waals surface area contributed by atoms with Crippen LogP contribution in [-0.2, 0) is 4.79 Å². The van der Waals surface area contributed by atoms with Crippen LogP contribution in [0, 0.1) is 0 Å². The highest BCUT2D eigenvalue weighted by atomic mass is 32.2. The fourth-order valence-corrected chi connectivity index (χ4v) is 3.63. The van der Waals surface area contributed by atoms with Crippen LogP contribution in [0.25, 0.3) is 11.4 Å². The summed E-state index contributed by atoms with van der Waals surface area (Å²) in [5.41, 5.74) is 1.70. The molecule has 1 amide bonds. The Morgan fingerprint density at radius 2 is 1.78 bits per heavy atom. The molecule has 1 heterocycles. The van der Waals surface area contributed by atoms with E-state index in [1.807, 2.05) is 54.6 Å². The van der Waals surface area contributed by atoms with E-state index in [0.29, 0.717) is 11.0 Å². The van der Waals surface area contributed by atoms with Gasteiger partial charge in [0.1, 0.15) is 11.0 Å². The maximum atomic E-state index is 12.7. The van der Waals surface area contributed by atoms with Crippen molar-refractivity contribution < 1.29 is 9.53 Å². The summed E-state index contributed by atoms with van der Waals surface area (Å²) < 4.78 is 6.58. The highest BCUT2D eigenvalue weighted by molar-refractivity contribution is 8.00. The number of likely N-dealkylation sites (N-methyl/N-ethyl adjacent to an activating group) is 1. The molecule has 2 aromatic carbocycles. The number of rotatable bonds is 6. The number of thioether (sulfide) groups is 1. The van der Waals surface area contributed by atoms with Gasteiger partial charge in [-0.1, -0.05) is 42.1 Å². The summed E-state index contributed by atoms with van der Waals surface area (Å²) in [6.07, 6.45) is 0. The number of ether oxygens (including phenoxy) is 1. The number of carbonyl (C=O) groups is 1. The summed E-state index contributed by atoms with van der Waals surface area (Å²) in [7, 11) is 5.07. The molecule has 3 aromatic rings. The Labute approximate surface area is 162 Å². The number of benzene rings is 2. The van der Waals surface area contributed by atoms with E-state index in [0.717, 1.165) is 16.9 Å². The van der Waals surface area contributed by atoms with Crippen LogP contribution in [0.3, 0.4) is 0 Å². The van der Waals surface area contributed by atoms with Crippen molar-refractivity contribution in [2.45, 2.75) is 10.4 Å². The van der Waals surface area contributed by atoms with Gasteiger partial charge in [0.05, 0.1) is 7.11 Å². The van der Waals surface area contributed by atoms with Crippen LogP contribution in [0.15, 0.2) is 59.8 Å². The number of amides is 1. The first-order valence-electron chi connectivity index (χ1n) is 8.29. The molecule has 7 nitrogen and oxygen atoms in total. The minimum Gasteiger partial charge on any atom is -0.497 e. The quantitative estimate of drug-likeness (QED) is 0.520. The third kappa shape index (κ3) is 4.06. The van der Waals surface area contributed by atoms with Gasteiger partial charge in [-0.25, -0.2) is 4.68 Å². The van der Waals surface area contributed by atoms with Crippen molar-refractivity contribution in [3.05, 3.63) is 60.2 Å². The number of nitrogen functional groups attached to an aromatic ring is 1. The average Bonchev–Trinajstić information content (AvgIpc) is 3.06. The lowest BCUT2D eigenvalue weighted by atomic mass is 10.1. The molecular formula is C19H21N5O2S. The van der Waals surface area contributed by atoms with Crippen LogP contribution in [-0.4, -0.2) is 46.9 Å². The second kappa shape index (κ2) is 8.13. The number of methoxy groups -OCH3 is 1. The summed E-state index contributed by atoms with van der Waals surface area (Å²) in [6, 6.07) is 16.9. The molecule has 0 aliphatic rings. The molecule has 0 fully saturated rings.